The van der Waals surface area contributed by atoms with Gasteiger partial charge in [0.25, 0.3) is 0 Å². The van der Waals surface area contributed by atoms with E-state index in [4.69, 9.17) is 4.98 Å². The first-order chi connectivity index (χ1) is 14.0. The minimum atomic E-state index is -0.148. The highest BCUT2D eigenvalue weighted by atomic mass is 79.9. The zero-order valence-corrected chi connectivity index (χ0v) is 18.6. The molecule has 0 aliphatic carbocycles. The van der Waals surface area contributed by atoms with Gasteiger partial charge in [-0.1, -0.05) is 34.1 Å². The first-order valence-corrected chi connectivity index (χ1v) is 11.3. The van der Waals surface area contributed by atoms with E-state index in [0.717, 1.165) is 50.3 Å². The second-order valence-corrected chi connectivity index (χ2v) is 9.19. The van der Waals surface area contributed by atoms with Crippen molar-refractivity contribution in [1.82, 2.24) is 9.88 Å². The molecule has 1 N–H and O–H groups in total. The van der Waals surface area contributed by atoms with E-state index in [1.54, 1.807) is 11.3 Å². The number of nitrogens with zero attached hydrogens (tertiary/aromatic N) is 2. The third-order valence-electron chi connectivity index (χ3n) is 5.19. The van der Waals surface area contributed by atoms with Crippen molar-refractivity contribution in [3.05, 3.63) is 57.5 Å². The minimum Gasteiger partial charge on any atom is -0.333 e. The van der Waals surface area contributed by atoms with Gasteiger partial charge in [-0.25, -0.2) is 4.98 Å². The van der Waals surface area contributed by atoms with Crippen molar-refractivity contribution < 1.29 is 9.59 Å². The second-order valence-electron chi connectivity index (χ2n) is 7.28. The van der Waals surface area contributed by atoms with Gasteiger partial charge in [-0.05, 0) is 49.6 Å². The number of fused-ring (bicyclic) bond motifs is 1. The van der Waals surface area contributed by atoms with E-state index in [-0.39, 0.29) is 30.7 Å². The number of carbonyl (C=O) groups excluding carboxylic acids is 2. The largest absolute Gasteiger partial charge is 0.333 e. The molecule has 29 heavy (non-hydrogen) atoms. The second kappa shape index (κ2) is 8.63. The van der Waals surface area contributed by atoms with Crippen molar-refractivity contribution in [3.8, 4) is 0 Å². The summed E-state index contributed by atoms with van der Waals surface area (Å²) in [6, 6.07) is 13.8. The van der Waals surface area contributed by atoms with Gasteiger partial charge in [0.05, 0.1) is 16.3 Å². The number of likely N-dealkylation sites (tertiary alicyclic amines) is 1. The highest BCUT2D eigenvalue weighted by Gasteiger charge is 2.32. The van der Waals surface area contributed by atoms with E-state index in [1.807, 2.05) is 48.2 Å². The van der Waals surface area contributed by atoms with E-state index in [1.165, 1.54) is 0 Å². The number of para-hydroxylation sites is 1. The normalized spacial score (nSPS) is 16.3. The van der Waals surface area contributed by atoms with Crippen LogP contribution in [0.25, 0.3) is 10.2 Å². The van der Waals surface area contributed by atoms with Crippen molar-refractivity contribution in [2.24, 2.45) is 0 Å². The fourth-order valence-corrected chi connectivity index (χ4v) is 5.11. The van der Waals surface area contributed by atoms with E-state index in [0.29, 0.717) is 0 Å². The Hall–Kier alpha value is -2.25. The van der Waals surface area contributed by atoms with Crippen LogP contribution in [0.5, 0.6) is 0 Å². The Balaban J connectivity index is 1.37. The van der Waals surface area contributed by atoms with Crippen molar-refractivity contribution in [2.45, 2.75) is 38.6 Å². The van der Waals surface area contributed by atoms with E-state index in [9.17, 15) is 9.59 Å². The number of amides is 2. The molecule has 0 radical (unpaired) electrons. The molecular weight excluding hydrogens is 450 g/mol. The van der Waals surface area contributed by atoms with Gasteiger partial charge in [-0.2, -0.15) is 0 Å². The molecule has 0 spiro atoms. The molecule has 1 aromatic heterocycles. The van der Waals surface area contributed by atoms with Crippen molar-refractivity contribution in [3.63, 3.8) is 0 Å². The number of hydrogen-bond donors (Lipinski definition) is 1. The monoisotopic (exact) mass is 471 g/mol. The summed E-state index contributed by atoms with van der Waals surface area (Å²) in [4.78, 5) is 31.7. The Kier molecular flexibility index (Phi) is 5.96. The number of rotatable bonds is 5. The Bertz CT molecular complexity index is 1030. The summed E-state index contributed by atoms with van der Waals surface area (Å²) >= 11 is 5.12. The zero-order chi connectivity index (χ0) is 20.4. The Morgan fingerprint density at radius 2 is 2.07 bits per heavy atom. The molecule has 1 saturated heterocycles. The van der Waals surface area contributed by atoms with Crippen LogP contribution in [-0.4, -0.2) is 28.2 Å². The van der Waals surface area contributed by atoms with Crippen LogP contribution in [0.15, 0.2) is 46.9 Å². The zero-order valence-electron chi connectivity index (χ0n) is 16.2. The fourth-order valence-electron chi connectivity index (χ4n) is 3.61. The molecule has 0 bridgehead atoms. The van der Waals surface area contributed by atoms with Crippen LogP contribution in [0.2, 0.25) is 0 Å². The number of aromatic nitrogens is 1. The van der Waals surface area contributed by atoms with Crippen molar-refractivity contribution in [2.75, 3.05) is 11.9 Å². The lowest BCUT2D eigenvalue weighted by molar-refractivity contribution is -0.133. The number of halogens is 1. The van der Waals surface area contributed by atoms with Gasteiger partial charge in [0, 0.05) is 29.5 Å². The van der Waals surface area contributed by atoms with E-state index in [2.05, 4.69) is 27.3 Å². The molecule has 4 rings (SSSR count). The minimum absolute atomic E-state index is 0.0204. The quantitative estimate of drug-likeness (QED) is 0.537. The maximum atomic E-state index is 12.8. The molecule has 5 nitrogen and oxygen atoms in total. The summed E-state index contributed by atoms with van der Waals surface area (Å²) in [5.41, 5.74) is 2.82. The van der Waals surface area contributed by atoms with Crippen molar-refractivity contribution >= 4 is 55.0 Å². The molecule has 2 heterocycles. The molecule has 1 fully saturated rings. The first kappa shape index (κ1) is 20.0. The third-order valence-corrected chi connectivity index (χ3v) is 7.18. The molecule has 150 valence electrons. The lowest BCUT2D eigenvalue weighted by Gasteiger charge is -2.23. The number of benzene rings is 2. The van der Waals surface area contributed by atoms with E-state index < -0.39 is 0 Å². The lowest BCUT2D eigenvalue weighted by Crippen LogP contribution is -2.31. The van der Waals surface area contributed by atoms with Gasteiger partial charge in [-0.15, -0.1) is 11.3 Å². The molecule has 2 aromatic carbocycles. The Morgan fingerprint density at radius 3 is 2.86 bits per heavy atom. The highest BCUT2D eigenvalue weighted by Crippen LogP contribution is 2.36. The number of thiazole rings is 1. The predicted molar refractivity (Wildman–Crippen MR) is 120 cm³/mol. The molecule has 3 aromatic rings. The average Bonchev–Trinajstić information content (AvgIpc) is 3.35. The standard InChI is InChI=1S/C22H22BrN3O2S/c1-14-8-9-15(13-16(14)23)24-20(27)10-11-21(28)26-12-4-6-18(26)22-25-17-5-2-3-7-19(17)29-22/h2-3,5,7-9,13,18H,4,6,10-12H2,1H3,(H,24,27)/t18-/m1/s1. The van der Waals surface area contributed by atoms with Gasteiger partial charge in [0.1, 0.15) is 5.01 Å². The van der Waals surface area contributed by atoms with Crippen LogP contribution in [-0.2, 0) is 9.59 Å². The summed E-state index contributed by atoms with van der Waals surface area (Å²) < 4.78 is 2.09. The maximum Gasteiger partial charge on any atom is 0.224 e. The molecular formula is C22H22BrN3O2S. The highest BCUT2D eigenvalue weighted by molar-refractivity contribution is 9.10. The van der Waals surface area contributed by atoms with Gasteiger partial charge >= 0.3 is 0 Å². The number of anilines is 1. The summed E-state index contributed by atoms with van der Waals surface area (Å²) in [5.74, 6) is -0.128. The summed E-state index contributed by atoms with van der Waals surface area (Å²) in [6.45, 7) is 2.72. The molecule has 1 aliphatic rings. The summed E-state index contributed by atoms with van der Waals surface area (Å²) in [7, 11) is 0. The molecule has 7 heteroatoms. The molecule has 0 unspecified atom stereocenters. The van der Waals surface area contributed by atoms with Gasteiger partial charge in [-0.3, -0.25) is 9.59 Å². The maximum absolute atomic E-state index is 12.8. The summed E-state index contributed by atoms with van der Waals surface area (Å²) in [6.07, 6.45) is 2.28. The van der Waals surface area contributed by atoms with Gasteiger partial charge in [0.2, 0.25) is 11.8 Å². The molecule has 1 atom stereocenters. The van der Waals surface area contributed by atoms with Crippen LogP contribution < -0.4 is 5.32 Å². The van der Waals surface area contributed by atoms with Gasteiger partial charge < -0.3 is 10.2 Å². The van der Waals surface area contributed by atoms with E-state index >= 15 is 0 Å². The molecule has 0 saturated carbocycles. The summed E-state index contributed by atoms with van der Waals surface area (Å²) in [5, 5.41) is 3.86. The van der Waals surface area contributed by atoms with Crippen LogP contribution in [0.4, 0.5) is 5.69 Å². The number of hydrogen-bond acceptors (Lipinski definition) is 4. The Morgan fingerprint density at radius 1 is 1.24 bits per heavy atom. The van der Waals surface area contributed by atoms with Crippen LogP contribution in [0.1, 0.15) is 42.3 Å². The third kappa shape index (κ3) is 4.51. The topological polar surface area (TPSA) is 62.3 Å². The Labute approximate surface area is 182 Å². The SMILES string of the molecule is Cc1ccc(NC(=O)CCC(=O)N2CCC[C@@H]2c2nc3ccccc3s2)cc1Br. The average molecular weight is 472 g/mol. The number of aryl methyl sites for hydroxylation is 1. The smallest absolute Gasteiger partial charge is 0.224 e. The van der Waals surface area contributed by atoms with Crippen LogP contribution in [0.3, 0.4) is 0 Å². The molecule has 1 aliphatic heterocycles. The van der Waals surface area contributed by atoms with Gasteiger partial charge in [0.15, 0.2) is 0 Å². The van der Waals surface area contributed by atoms with Crippen molar-refractivity contribution in [1.29, 1.82) is 0 Å². The van der Waals surface area contributed by atoms with Crippen LogP contribution in [0, 0.1) is 6.92 Å². The first-order valence-electron chi connectivity index (χ1n) is 9.72. The number of carbonyl (C=O) groups is 2. The number of nitrogens with one attached hydrogen (secondary N) is 1. The predicted octanol–water partition coefficient (Wildman–Crippen LogP) is 5.45. The molecule has 2 amide bonds. The van der Waals surface area contributed by atoms with Crippen LogP contribution >= 0.6 is 27.3 Å². The fraction of sp³-hybridized carbons (Fsp3) is 0.318. The lowest BCUT2D eigenvalue weighted by atomic mass is 10.2.